The van der Waals surface area contributed by atoms with Gasteiger partial charge in [-0.05, 0) is 44.0 Å². The molecule has 3 rings (SSSR count). The summed E-state index contributed by atoms with van der Waals surface area (Å²) < 4.78 is 5.41. The number of benzene rings is 1. The molecule has 0 unspecified atom stereocenters. The van der Waals surface area contributed by atoms with Gasteiger partial charge in [0.05, 0.1) is 11.8 Å². The highest BCUT2D eigenvalue weighted by atomic mass is 35.5. The molecule has 1 N–H and O–H groups in total. The largest absolute Gasteiger partial charge is 0.454 e. The molecule has 1 atom stereocenters. The Labute approximate surface area is 153 Å². The lowest BCUT2D eigenvalue weighted by Gasteiger charge is -2.12. The molecule has 0 radical (unpaired) electrons. The van der Waals surface area contributed by atoms with E-state index in [-0.39, 0.29) is 12.0 Å². The molecule has 0 aliphatic carbocycles. The second-order valence-corrected chi connectivity index (χ2v) is 7.49. The minimum atomic E-state index is -0.639. The molecule has 0 amide bonds. The smallest absolute Gasteiger partial charge is 0.310 e. The number of nitrogens with one attached hydrogen (secondary N) is 1. The number of carbonyl (C=O) groups excluding carboxylic acids is 1. The summed E-state index contributed by atoms with van der Waals surface area (Å²) >= 11 is 7.29. The fourth-order valence-corrected chi connectivity index (χ4v) is 3.69. The van der Waals surface area contributed by atoms with Crippen molar-refractivity contribution in [3.8, 4) is 0 Å². The number of rotatable bonds is 4. The summed E-state index contributed by atoms with van der Waals surface area (Å²) in [5.41, 5.74) is 1.54. The number of thiophene rings is 1. The number of aromatic nitrogens is 2. The van der Waals surface area contributed by atoms with Crippen molar-refractivity contribution in [1.29, 1.82) is 0 Å². The summed E-state index contributed by atoms with van der Waals surface area (Å²) in [7, 11) is 0. The van der Waals surface area contributed by atoms with Gasteiger partial charge in [0.15, 0.2) is 11.9 Å². The van der Waals surface area contributed by atoms with Gasteiger partial charge in [-0.2, -0.15) is 0 Å². The summed E-state index contributed by atoms with van der Waals surface area (Å²) in [6, 6.07) is 7.00. The molecular formula is C18H17ClN2O3S. The van der Waals surface area contributed by atoms with E-state index < -0.39 is 12.1 Å². The van der Waals surface area contributed by atoms with Crippen LogP contribution < -0.4 is 5.56 Å². The first kappa shape index (κ1) is 17.6. The van der Waals surface area contributed by atoms with Crippen molar-refractivity contribution in [3.63, 3.8) is 0 Å². The molecule has 1 aromatic carbocycles. The van der Waals surface area contributed by atoms with Gasteiger partial charge in [0, 0.05) is 9.90 Å². The lowest BCUT2D eigenvalue weighted by molar-refractivity contribution is -0.148. The first-order valence-corrected chi connectivity index (χ1v) is 8.98. The van der Waals surface area contributed by atoms with E-state index in [4.69, 9.17) is 16.3 Å². The van der Waals surface area contributed by atoms with Crippen molar-refractivity contribution in [2.45, 2.75) is 33.3 Å². The van der Waals surface area contributed by atoms with Gasteiger partial charge in [-0.3, -0.25) is 9.59 Å². The minimum absolute atomic E-state index is 0.130. The van der Waals surface area contributed by atoms with Crippen molar-refractivity contribution in [3.05, 3.63) is 61.5 Å². The van der Waals surface area contributed by atoms with E-state index in [0.29, 0.717) is 21.1 Å². The number of nitrogens with zero attached hydrogens (tertiary/aromatic N) is 1. The Balaban J connectivity index is 1.77. The van der Waals surface area contributed by atoms with Crippen molar-refractivity contribution < 1.29 is 9.53 Å². The van der Waals surface area contributed by atoms with Crippen LogP contribution in [0.25, 0.3) is 10.2 Å². The topological polar surface area (TPSA) is 72.0 Å². The van der Waals surface area contributed by atoms with Crippen LogP contribution in [0.4, 0.5) is 0 Å². The molecule has 0 saturated carbocycles. The molecule has 2 heterocycles. The van der Waals surface area contributed by atoms with Crippen LogP contribution >= 0.6 is 22.9 Å². The molecule has 3 aromatic rings. The second kappa shape index (κ2) is 6.98. The summed E-state index contributed by atoms with van der Waals surface area (Å²) in [6.45, 7) is 5.55. The zero-order chi connectivity index (χ0) is 18.1. The average Bonchev–Trinajstić information content (AvgIpc) is 2.84. The van der Waals surface area contributed by atoms with Crippen LogP contribution in [-0.4, -0.2) is 15.9 Å². The summed E-state index contributed by atoms with van der Waals surface area (Å²) in [4.78, 5) is 33.3. The molecule has 130 valence electrons. The van der Waals surface area contributed by atoms with E-state index in [2.05, 4.69) is 9.97 Å². The monoisotopic (exact) mass is 376 g/mol. The maximum Gasteiger partial charge on any atom is 0.310 e. The molecule has 0 bridgehead atoms. The Morgan fingerprint density at radius 1 is 1.32 bits per heavy atom. The molecule has 5 nitrogen and oxygen atoms in total. The number of hydrogen-bond donors (Lipinski definition) is 1. The number of aromatic amines is 1. The SMILES string of the molecule is Cc1sc2nc([C@@H](C)OC(=O)Cc3ccc(Cl)cc3)[nH]c(=O)c2c1C. The number of hydrogen-bond acceptors (Lipinski definition) is 5. The molecule has 0 aliphatic rings. The summed E-state index contributed by atoms with van der Waals surface area (Å²) in [6.07, 6.45) is -0.509. The molecule has 7 heteroatoms. The van der Waals surface area contributed by atoms with Crippen LogP contribution in [0.3, 0.4) is 0 Å². The van der Waals surface area contributed by atoms with Gasteiger partial charge >= 0.3 is 5.97 Å². The van der Waals surface area contributed by atoms with Crippen molar-refractivity contribution in [2.24, 2.45) is 0 Å². The van der Waals surface area contributed by atoms with E-state index in [9.17, 15) is 9.59 Å². The van der Waals surface area contributed by atoms with E-state index in [1.54, 1.807) is 31.2 Å². The Morgan fingerprint density at radius 2 is 2.00 bits per heavy atom. The van der Waals surface area contributed by atoms with Crippen LogP contribution in [0.15, 0.2) is 29.1 Å². The summed E-state index contributed by atoms with van der Waals surface area (Å²) in [5, 5.41) is 1.22. The van der Waals surface area contributed by atoms with Crippen LogP contribution in [0, 0.1) is 13.8 Å². The normalized spacial score (nSPS) is 12.3. The quantitative estimate of drug-likeness (QED) is 0.696. The molecule has 0 fully saturated rings. The van der Waals surface area contributed by atoms with Crippen LogP contribution in [0.2, 0.25) is 5.02 Å². The van der Waals surface area contributed by atoms with E-state index in [1.165, 1.54) is 11.3 Å². The minimum Gasteiger partial charge on any atom is -0.454 e. The predicted octanol–water partition coefficient (Wildman–Crippen LogP) is 4.10. The van der Waals surface area contributed by atoms with Gasteiger partial charge in [-0.25, -0.2) is 4.98 Å². The first-order valence-electron chi connectivity index (χ1n) is 7.79. The number of ether oxygens (including phenoxy) is 1. The third kappa shape index (κ3) is 3.75. The third-order valence-corrected chi connectivity index (χ3v) is 5.37. The van der Waals surface area contributed by atoms with Crippen LogP contribution in [0.1, 0.15) is 34.9 Å². The predicted molar refractivity (Wildman–Crippen MR) is 99.4 cm³/mol. The Hall–Kier alpha value is -2.18. The maximum absolute atomic E-state index is 12.3. The second-order valence-electron chi connectivity index (χ2n) is 5.85. The summed E-state index contributed by atoms with van der Waals surface area (Å²) in [5.74, 6) is -0.0423. The van der Waals surface area contributed by atoms with E-state index in [0.717, 1.165) is 16.0 Å². The van der Waals surface area contributed by atoms with Crippen molar-refractivity contribution in [2.75, 3.05) is 0 Å². The number of esters is 1. The van der Waals surface area contributed by atoms with Gasteiger partial charge in [0.2, 0.25) is 0 Å². The zero-order valence-electron chi connectivity index (χ0n) is 14.1. The Kier molecular flexibility index (Phi) is 4.92. The standard InChI is InChI=1S/C18H17ClN2O3S/c1-9-11(3)25-18-15(9)17(23)20-16(21-18)10(2)24-14(22)8-12-4-6-13(19)7-5-12/h4-7,10H,8H2,1-3H3,(H,20,21,23)/t10-/m1/s1. The lowest BCUT2D eigenvalue weighted by Crippen LogP contribution is -2.18. The molecule has 0 saturated heterocycles. The number of carbonyl (C=O) groups is 1. The van der Waals surface area contributed by atoms with Crippen molar-refractivity contribution >= 4 is 39.1 Å². The average molecular weight is 377 g/mol. The molecule has 0 spiro atoms. The molecule has 25 heavy (non-hydrogen) atoms. The van der Waals surface area contributed by atoms with Crippen LogP contribution in [0.5, 0.6) is 0 Å². The zero-order valence-corrected chi connectivity index (χ0v) is 15.6. The highest BCUT2D eigenvalue weighted by molar-refractivity contribution is 7.18. The Bertz CT molecular complexity index is 992. The van der Waals surface area contributed by atoms with Gasteiger partial charge in [-0.15, -0.1) is 11.3 Å². The van der Waals surface area contributed by atoms with Gasteiger partial charge in [-0.1, -0.05) is 23.7 Å². The van der Waals surface area contributed by atoms with Crippen molar-refractivity contribution in [1.82, 2.24) is 9.97 Å². The van der Waals surface area contributed by atoms with Crippen LogP contribution in [-0.2, 0) is 16.0 Å². The fourth-order valence-electron chi connectivity index (χ4n) is 2.53. The van der Waals surface area contributed by atoms with Gasteiger partial charge < -0.3 is 9.72 Å². The number of H-pyrrole nitrogens is 1. The highest BCUT2D eigenvalue weighted by Crippen LogP contribution is 2.27. The lowest BCUT2D eigenvalue weighted by atomic mass is 10.1. The third-order valence-electron chi connectivity index (χ3n) is 4.01. The van der Waals surface area contributed by atoms with Gasteiger partial charge in [0.1, 0.15) is 4.83 Å². The number of halogens is 1. The van der Waals surface area contributed by atoms with E-state index >= 15 is 0 Å². The first-order chi connectivity index (χ1) is 11.8. The van der Waals surface area contributed by atoms with E-state index in [1.807, 2.05) is 13.8 Å². The van der Waals surface area contributed by atoms with Gasteiger partial charge in [0.25, 0.3) is 5.56 Å². The molecule has 2 aromatic heterocycles. The molecule has 0 aliphatic heterocycles. The number of aryl methyl sites for hydroxylation is 2. The Morgan fingerprint density at radius 3 is 2.68 bits per heavy atom. The highest BCUT2D eigenvalue weighted by Gasteiger charge is 2.18. The maximum atomic E-state index is 12.3. The fraction of sp³-hybridized carbons (Fsp3) is 0.278. The molecular weight excluding hydrogens is 360 g/mol. The number of fused-ring (bicyclic) bond motifs is 1.